The average molecular weight is 472 g/mol. The van der Waals surface area contributed by atoms with Crippen molar-refractivity contribution in [2.24, 2.45) is 16.2 Å². The molecule has 1 aliphatic heterocycles. The van der Waals surface area contributed by atoms with Gasteiger partial charge in [0.1, 0.15) is 0 Å². The molecular formula is C15H22Br3NO. The third-order valence-electron chi connectivity index (χ3n) is 6.51. The molecule has 1 heterocycles. The van der Waals surface area contributed by atoms with Crippen molar-refractivity contribution in [1.29, 1.82) is 0 Å². The molecule has 3 aliphatic carbocycles. The van der Waals surface area contributed by atoms with E-state index >= 15 is 0 Å². The number of fused-ring (bicyclic) bond motifs is 1. The standard InChI is InChI=1S/C15H22Br3NO/c1-13(2)14(11(17)18)6-7-15(13,10(14)16)12(20)19-8-4-3-5-9-19/h10-11H,3-9H2,1-2H3. The van der Waals surface area contributed by atoms with Crippen LogP contribution in [0.2, 0.25) is 0 Å². The van der Waals surface area contributed by atoms with Crippen LogP contribution in [0.4, 0.5) is 0 Å². The van der Waals surface area contributed by atoms with Crippen molar-refractivity contribution in [1.82, 2.24) is 4.90 Å². The summed E-state index contributed by atoms with van der Waals surface area (Å²) in [5.41, 5.74) is -0.0387. The van der Waals surface area contributed by atoms with E-state index in [1.165, 1.54) is 19.3 Å². The predicted molar refractivity (Wildman–Crippen MR) is 92.7 cm³/mol. The number of nitrogens with zero attached hydrogens (tertiary/aromatic N) is 1. The molecule has 0 aromatic rings. The van der Waals surface area contributed by atoms with E-state index in [4.69, 9.17) is 0 Å². The molecule has 3 atom stereocenters. The first-order valence-electron chi connectivity index (χ1n) is 7.54. The van der Waals surface area contributed by atoms with E-state index in [1.54, 1.807) is 0 Å². The highest BCUT2D eigenvalue weighted by atomic mass is 79.9. The van der Waals surface area contributed by atoms with Crippen LogP contribution >= 0.6 is 47.8 Å². The van der Waals surface area contributed by atoms with Gasteiger partial charge in [0, 0.05) is 23.3 Å². The van der Waals surface area contributed by atoms with E-state index < -0.39 is 0 Å². The topological polar surface area (TPSA) is 20.3 Å². The van der Waals surface area contributed by atoms with E-state index in [0.29, 0.717) is 5.91 Å². The second-order valence-electron chi connectivity index (χ2n) is 7.15. The Balaban J connectivity index is 1.92. The zero-order chi connectivity index (χ0) is 14.8. The Morgan fingerprint density at radius 1 is 1.15 bits per heavy atom. The van der Waals surface area contributed by atoms with Gasteiger partial charge in [-0.1, -0.05) is 61.6 Å². The van der Waals surface area contributed by atoms with Crippen LogP contribution in [0.15, 0.2) is 0 Å². The van der Waals surface area contributed by atoms with Gasteiger partial charge in [-0.15, -0.1) is 0 Å². The molecule has 0 aromatic heterocycles. The maximum atomic E-state index is 13.2. The number of alkyl halides is 3. The van der Waals surface area contributed by atoms with Crippen molar-refractivity contribution in [3.05, 3.63) is 0 Å². The van der Waals surface area contributed by atoms with Crippen LogP contribution in [-0.4, -0.2) is 32.5 Å². The lowest BCUT2D eigenvalue weighted by molar-refractivity contribution is -0.173. The van der Waals surface area contributed by atoms with Gasteiger partial charge in [-0.25, -0.2) is 0 Å². The normalized spacial score (nSPS) is 42.7. The number of carbonyl (C=O) groups excluding carboxylic acids is 1. The summed E-state index contributed by atoms with van der Waals surface area (Å²) in [6.07, 6.45) is 5.72. The van der Waals surface area contributed by atoms with Gasteiger partial charge in [0.2, 0.25) is 5.91 Å². The van der Waals surface area contributed by atoms with Crippen molar-refractivity contribution in [3.8, 4) is 0 Å². The van der Waals surface area contributed by atoms with Gasteiger partial charge in [0.05, 0.1) is 9.15 Å². The Bertz CT molecular complexity index is 433. The fourth-order valence-electron chi connectivity index (χ4n) is 5.05. The molecule has 1 saturated heterocycles. The van der Waals surface area contributed by atoms with Crippen LogP contribution < -0.4 is 0 Å². The van der Waals surface area contributed by atoms with Crippen LogP contribution in [0.5, 0.6) is 0 Å². The van der Waals surface area contributed by atoms with Crippen molar-refractivity contribution in [3.63, 3.8) is 0 Å². The summed E-state index contributed by atoms with van der Waals surface area (Å²) < 4.78 is 0.256. The summed E-state index contributed by atoms with van der Waals surface area (Å²) in [7, 11) is 0. The monoisotopic (exact) mass is 469 g/mol. The van der Waals surface area contributed by atoms with Crippen molar-refractivity contribution in [2.45, 2.75) is 54.5 Å². The Morgan fingerprint density at radius 2 is 1.75 bits per heavy atom. The van der Waals surface area contributed by atoms with E-state index in [1.807, 2.05) is 0 Å². The maximum absolute atomic E-state index is 13.2. The van der Waals surface area contributed by atoms with E-state index in [9.17, 15) is 4.79 Å². The van der Waals surface area contributed by atoms with Crippen molar-refractivity contribution in [2.75, 3.05) is 13.1 Å². The van der Waals surface area contributed by atoms with Crippen molar-refractivity contribution >= 4 is 53.7 Å². The molecule has 3 saturated carbocycles. The first kappa shape index (κ1) is 15.8. The number of piperidine rings is 1. The summed E-state index contributed by atoms with van der Waals surface area (Å²) in [6, 6.07) is 0. The molecule has 20 heavy (non-hydrogen) atoms. The summed E-state index contributed by atoms with van der Waals surface area (Å²) >= 11 is 11.4. The molecule has 4 aliphatic rings. The minimum absolute atomic E-state index is 0.0281. The highest BCUT2D eigenvalue weighted by Crippen LogP contribution is 2.82. The number of hydrogen-bond acceptors (Lipinski definition) is 1. The molecule has 2 nitrogen and oxygen atoms in total. The molecule has 2 bridgehead atoms. The molecule has 4 fully saturated rings. The molecule has 1 amide bonds. The van der Waals surface area contributed by atoms with Gasteiger partial charge < -0.3 is 4.90 Å². The molecule has 4 rings (SSSR count). The van der Waals surface area contributed by atoms with Gasteiger partial charge in [0.25, 0.3) is 0 Å². The molecule has 0 aromatic carbocycles. The van der Waals surface area contributed by atoms with Crippen molar-refractivity contribution < 1.29 is 4.79 Å². The molecule has 3 unspecified atom stereocenters. The van der Waals surface area contributed by atoms with Gasteiger partial charge >= 0.3 is 0 Å². The van der Waals surface area contributed by atoms with E-state index in [-0.39, 0.29) is 24.8 Å². The fraction of sp³-hybridized carbons (Fsp3) is 0.933. The molecule has 0 radical (unpaired) electrons. The van der Waals surface area contributed by atoms with Crippen LogP contribution in [0.1, 0.15) is 46.0 Å². The van der Waals surface area contributed by atoms with Crippen LogP contribution in [-0.2, 0) is 4.79 Å². The van der Waals surface area contributed by atoms with E-state index in [2.05, 4.69) is 66.5 Å². The number of amides is 1. The SMILES string of the molecule is CC1(C)C2(C(=O)N3CCCCC3)CCC1(C(Br)Br)C2Br. The van der Waals surface area contributed by atoms with E-state index in [0.717, 1.165) is 25.9 Å². The molecule has 5 heteroatoms. The lowest BCUT2D eigenvalue weighted by atomic mass is 9.43. The quantitative estimate of drug-likeness (QED) is 0.535. The lowest BCUT2D eigenvalue weighted by Gasteiger charge is -2.66. The van der Waals surface area contributed by atoms with Gasteiger partial charge in [-0.2, -0.15) is 0 Å². The maximum Gasteiger partial charge on any atom is 0.230 e. The Labute approximate surface area is 146 Å². The first-order valence-corrected chi connectivity index (χ1v) is 10.3. The zero-order valence-corrected chi connectivity index (χ0v) is 16.9. The summed E-state index contributed by atoms with van der Waals surface area (Å²) in [5, 5.41) is 0. The highest BCUT2D eigenvalue weighted by Gasteiger charge is 2.83. The second-order valence-corrected chi connectivity index (χ2v) is 11.1. The molecule has 0 spiro atoms. The molecular weight excluding hydrogens is 450 g/mol. The second kappa shape index (κ2) is 4.95. The Hall–Kier alpha value is 0.910. The fourth-order valence-corrected chi connectivity index (χ4v) is 9.95. The average Bonchev–Trinajstić information content (AvgIpc) is 2.88. The summed E-state index contributed by atoms with van der Waals surface area (Å²) in [5.74, 6) is 0.401. The van der Waals surface area contributed by atoms with Crippen LogP contribution in [0, 0.1) is 16.2 Å². The summed E-state index contributed by atoms with van der Waals surface area (Å²) in [6.45, 7) is 6.48. The predicted octanol–water partition coefficient (Wildman–Crippen LogP) is 4.68. The Morgan fingerprint density at radius 3 is 2.20 bits per heavy atom. The van der Waals surface area contributed by atoms with Gasteiger partial charge in [-0.3, -0.25) is 4.79 Å². The zero-order valence-electron chi connectivity index (χ0n) is 12.1. The smallest absolute Gasteiger partial charge is 0.230 e. The lowest BCUT2D eigenvalue weighted by Crippen LogP contribution is -2.72. The number of likely N-dealkylation sites (tertiary alicyclic amines) is 1. The van der Waals surface area contributed by atoms with Crippen LogP contribution in [0.3, 0.4) is 0 Å². The third kappa shape index (κ3) is 1.58. The number of carbonyl (C=O) groups is 1. The molecule has 0 N–H and O–H groups in total. The number of halogens is 3. The van der Waals surface area contributed by atoms with Gasteiger partial charge in [-0.05, 0) is 37.5 Å². The Kier molecular flexibility index (Phi) is 3.91. The minimum Gasteiger partial charge on any atom is -0.342 e. The minimum atomic E-state index is -0.204. The largest absolute Gasteiger partial charge is 0.342 e. The first-order chi connectivity index (χ1) is 9.32. The third-order valence-corrected chi connectivity index (χ3v) is 9.74. The van der Waals surface area contributed by atoms with Gasteiger partial charge in [0.15, 0.2) is 0 Å². The highest BCUT2D eigenvalue weighted by molar-refractivity contribution is 9.24. The number of hydrogen-bond donors (Lipinski definition) is 0. The molecule has 114 valence electrons. The number of rotatable bonds is 2. The van der Waals surface area contributed by atoms with Crippen LogP contribution in [0.25, 0.3) is 0 Å². The summed E-state index contributed by atoms with van der Waals surface area (Å²) in [4.78, 5) is 15.6.